The lowest BCUT2D eigenvalue weighted by atomic mass is 10.0. The molecule has 5 nitrogen and oxygen atoms in total. The van der Waals surface area contributed by atoms with Gasteiger partial charge in [0.05, 0.1) is 16.5 Å². The van der Waals surface area contributed by atoms with E-state index in [9.17, 15) is 9.90 Å². The van der Waals surface area contributed by atoms with Crippen molar-refractivity contribution in [3.05, 3.63) is 95.1 Å². The van der Waals surface area contributed by atoms with Crippen LogP contribution in [0.25, 0.3) is 33.3 Å². The number of hydrogen-bond donors (Lipinski definition) is 1. The zero-order valence-corrected chi connectivity index (χ0v) is 17.8. The van der Waals surface area contributed by atoms with Crippen molar-refractivity contribution < 1.29 is 19.1 Å². The average molecular weight is 423 g/mol. The molecule has 5 heteroatoms. The lowest BCUT2D eigenvalue weighted by Crippen LogP contribution is -2.04. The molecule has 0 saturated carbocycles. The van der Waals surface area contributed by atoms with Gasteiger partial charge in [-0.2, -0.15) is 0 Å². The summed E-state index contributed by atoms with van der Waals surface area (Å²) in [5.74, 6) is 0.0645. The van der Waals surface area contributed by atoms with E-state index < -0.39 is 5.97 Å². The number of aromatic carboxylic acids is 1. The number of furan rings is 1. The summed E-state index contributed by atoms with van der Waals surface area (Å²) in [6.45, 7) is 4.20. The van der Waals surface area contributed by atoms with Gasteiger partial charge in [-0.15, -0.1) is 0 Å². The van der Waals surface area contributed by atoms with E-state index in [1.165, 1.54) is 0 Å². The molecule has 0 unspecified atom stereocenters. The Morgan fingerprint density at radius 2 is 1.75 bits per heavy atom. The fourth-order valence-corrected chi connectivity index (χ4v) is 4.02. The number of pyridine rings is 1. The molecule has 0 spiro atoms. The summed E-state index contributed by atoms with van der Waals surface area (Å²) in [6, 6.07) is 22.8. The van der Waals surface area contributed by atoms with Crippen LogP contribution in [-0.2, 0) is 6.61 Å². The van der Waals surface area contributed by atoms with Gasteiger partial charge in [-0.1, -0.05) is 54.6 Å². The number of aromatic nitrogens is 1. The van der Waals surface area contributed by atoms with Crippen LogP contribution in [0.4, 0.5) is 0 Å². The molecule has 0 atom stereocenters. The van der Waals surface area contributed by atoms with Gasteiger partial charge in [0.2, 0.25) is 0 Å². The normalized spacial score (nSPS) is 11.2. The number of aryl methyl sites for hydroxylation is 2. The standard InChI is InChI=1S/C27H21NO4/c1-16-12-13-21-24(25(16)31-15-18-8-4-3-5-9-18)20(27(29)30)14-22(28-21)26-17(2)19-10-6-7-11-23(19)32-26/h3-14H,15H2,1-2H3,(H,29,30). The van der Waals surface area contributed by atoms with Crippen LogP contribution in [0.15, 0.2) is 77.2 Å². The quantitative estimate of drug-likeness (QED) is 0.347. The Morgan fingerprint density at radius 3 is 2.50 bits per heavy atom. The number of ether oxygens (including phenoxy) is 1. The molecule has 2 aromatic heterocycles. The van der Waals surface area contributed by atoms with Crippen LogP contribution in [0.5, 0.6) is 5.75 Å². The van der Waals surface area contributed by atoms with Gasteiger partial charge in [0, 0.05) is 10.9 Å². The maximum Gasteiger partial charge on any atom is 0.336 e. The molecular formula is C27H21NO4. The summed E-state index contributed by atoms with van der Waals surface area (Å²) in [6.07, 6.45) is 0. The Balaban J connectivity index is 1.68. The lowest BCUT2D eigenvalue weighted by molar-refractivity contribution is 0.0698. The molecule has 3 aromatic carbocycles. The molecule has 2 heterocycles. The zero-order chi connectivity index (χ0) is 22.2. The fourth-order valence-electron chi connectivity index (χ4n) is 4.02. The van der Waals surface area contributed by atoms with Gasteiger partial charge in [-0.25, -0.2) is 9.78 Å². The van der Waals surface area contributed by atoms with Gasteiger partial charge < -0.3 is 14.3 Å². The van der Waals surface area contributed by atoms with E-state index >= 15 is 0 Å². The van der Waals surface area contributed by atoms with Crippen molar-refractivity contribution in [2.45, 2.75) is 20.5 Å². The summed E-state index contributed by atoms with van der Waals surface area (Å²) in [7, 11) is 0. The van der Waals surface area contributed by atoms with Crippen molar-refractivity contribution in [3.8, 4) is 17.2 Å². The topological polar surface area (TPSA) is 72.6 Å². The number of hydrogen-bond acceptors (Lipinski definition) is 4. The Labute approximate surface area is 184 Å². The first-order valence-electron chi connectivity index (χ1n) is 10.4. The van der Waals surface area contributed by atoms with Crippen molar-refractivity contribution >= 4 is 27.8 Å². The first-order chi connectivity index (χ1) is 15.5. The van der Waals surface area contributed by atoms with Crippen molar-refractivity contribution in [2.24, 2.45) is 0 Å². The maximum absolute atomic E-state index is 12.3. The van der Waals surface area contributed by atoms with E-state index in [1.807, 2.05) is 80.6 Å². The molecule has 0 radical (unpaired) electrons. The highest BCUT2D eigenvalue weighted by molar-refractivity contribution is 6.07. The van der Waals surface area contributed by atoms with E-state index in [0.29, 0.717) is 34.7 Å². The van der Waals surface area contributed by atoms with Crippen molar-refractivity contribution in [2.75, 3.05) is 0 Å². The molecule has 0 aliphatic rings. The highest BCUT2D eigenvalue weighted by atomic mass is 16.5. The van der Waals surface area contributed by atoms with Crippen LogP contribution in [0, 0.1) is 13.8 Å². The van der Waals surface area contributed by atoms with Crippen molar-refractivity contribution in [3.63, 3.8) is 0 Å². The number of rotatable bonds is 5. The highest BCUT2D eigenvalue weighted by Crippen LogP contribution is 2.37. The maximum atomic E-state index is 12.3. The summed E-state index contributed by atoms with van der Waals surface area (Å²) >= 11 is 0. The average Bonchev–Trinajstić information content (AvgIpc) is 3.15. The predicted molar refractivity (Wildman–Crippen MR) is 124 cm³/mol. The number of nitrogens with zero attached hydrogens (tertiary/aromatic N) is 1. The Morgan fingerprint density at radius 1 is 1.00 bits per heavy atom. The third kappa shape index (κ3) is 3.38. The smallest absolute Gasteiger partial charge is 0.336 e. The van der Waals surface area contributed by atoms with Crippen LogP contribution in [0.3, 0.4) is 0 Å². The molecule has 158 valence electrons. The second kappa shape index (κ2) is 7.85. The summed E-state index contributed by atoms with van der Waals surface area (Å²) < 4.78 is 12.2. The molecule has 5 rings (SSSR count). The second-order valence-electron chi connectivity index (χ2n) is 7.79. The van der Waals surface area contributed by atoms with Gasteiger partial charge in [0.15, 0.2) is 5.76 Å². The Bertz CT molecular complexity index is 1470. The molecule has 0 fully saturated rings. The van der Waals surface area contributed by atoms with Gasteiger partial charge in [-0.3, -0.25) is 0 Å². The minimum absolute atomic E-state index is 0.136. The minimum atomic E-state index is -1.04. The number of carboxylic acid groups (broad SMARTS) is 1. The van der Waals surface area contributed by atoms with Crippen LogP contribution < -0.4 is 4.74 Å². The molecule has 0 bridgehead atoms. The largest absolute Gasteiger partial charge is 0.488 e. The van der Waals surface area contributed by atoms with Gasteiger partial charge in [0.25, 0.3) is 0 Å². The summed E-state index contributed by atoms with van der Waals surface area (Å²) in [4.78, 5) is 17.0. The zero-order valence-electron chi connectivity index (χ0n) is 17.8. The number of carbonyl (C=O) groups is 1. The predicted octanol–water partition coefficient (Wildman–Crippen LogP) is 6.54. The van der Waals surface area contributed by atoms with E-state index in [-0.39, 0.29) is 5.56 Å². The third-order valence-electron chi connectivity index (χ3n) is 5.66. The van der Waals surface area contributed by atoms with Crippen molar-refractivity contribution in [1.82, 2.24) is 4.98 Å². The van der Waals surface area contributed by atoms with Gasteiger partial charge >= 0.3 is 5.97 Å². The fraction of sp³-hybridized carbons (Fsp3) is 0.111. The number of para-hydroxylation sites is 1. The molecule has 0 saturated heterocycles. The Kier molecular flexibility index (Phi) is 4.86. The highest BCUT2D eigenvalue weighted by Gasteiger charge is 2.21. The van der Waals surface area contributed by atoms with Gasteiger partial charge in [-0.05, 0) is 43.2 Å². The summed E-state index contributed by atoms with van der Waals surface area (Å²) in [5, 5.41) is 11.5. The SMILES string of the molecule is Cc1ccc2nc(-c3oc4ccccc4c3C)cc(C(=O)O)c2c1OCc1ccccc1. The minimum Gasteiger partial charge on any atom is -0.488 e. The van der Waals surface area contributed by atoms with E-state index in [2.05, 4.69) is 0 Å². The third-order valence-corrected chi connectivity index (χ3v) is 5.66. The molecular weight excluding hydrogens is 402 g/mol. The van der Waals surface area contributed by atoms with Crippen molar-refractivity contribution in [1.29, 1.82) is 0 Å². The molecule has 32 heavy (non-hydrogen) atoms. The van der Waals surface area contributed by atoms with E-state index in [1.54, 1.807) is 6.07 Å². The van der Waals surface area contributed by atoms with Crippen LogP contribution in [0.2, 0.25) is 0 Å². The first-order valence-corrected chi connectivity index (χ1v) is 10.4. The van der Waals surface area contributed by atoms with Crippen LogP contribution in [0.1, 0.15) is 27.0 Å². The summed E-state index contributed by atoms with van der Waals surface area (Å²) in [5.41, 5.74) is 4.70. The monoisotopic (exact) mass is 423 g/mol. The van der Waals surface area contributed by atoms with E-state index in [4.69, 9.17) is 14.1 Å². The van der Waals surface area contributed by atoms with Crippen LogP contribution in [-0.4, -0.2) is 16.1 Å². The second-order valence-corrected chi connectivity index (χ2v) is 7.79. The molecule has 1 N–H and O–H groups in total. The number of carboxylic acids is 1. The molecule has 0 aliphatic heterocycles. The molecule has 0 amide bonds. The van der Waals surface area contributed by atoms with Crippen LogP contribution >= 0.6 is 0 Å². The number of benzene rings is 3. The van der Waals surface area contributed by atoms with E-state index in [0.717, 1.165) is 27.7 Å². The first kappa shape index (κ1) is 19.8. The number of fused-ring (bicyclic) bond motifs is 2. The lowest BCUT2D eigenvalue weighted by Gasteiger charge is -2.15. The Hall–Kier alpha value is -4.12. The van der Waals surface area contributed by atoms with Gasteiger partial charge in [0.1, 0.15) is 23.6 Å². The molecule has 0 aliphatic carbocycles. The molecule has 5 aromatic rings.